The quantitative estimate of drug-likeness (QED) is 0.594. The number of aryl methyl sites for hydroxylation is 1. The lowest BCUT2D eigenvalue weighted by Crippen LogP contribution is -2.46. The number of benzene rings is 1. The lowest BCUT2D eigenvalue weighted by Gasteiger charge is -2.36. The lowest BCUT2D eigenvalue weighted by molar-refractivity contribution is 0.0851. The van der Waals surface area contributed by atoms with Crippen LogP contribution in [0.2, 0.25) is 4.34 Å². The molecule has 0 amide bonds. The zero-order valence-electron chi connectivity index (χ0n) is 15.9. The molecule has 0 radical (unpaired) electrons. The Morgan fingerprint density at radius 1 is 1.21 bits per heavy atom. The highest BCUT2D eigenvalue weighted by Crippen LogP contribution is 2.26. The van der Waals surface area contributed by atoms with Crippen molar-refractivity contribution in [2.45, 2.75) is 26.4 Å². The molecule has 0 N–H and O–H groups in total. The van der Waals surface area contributed by atoms with Crippen LogP contribution in [0.3, 0.4) is 0 Å². The summed E-state index contributed by atoms with van der Waals surface area (Å²) in [6.45, 7) is 8.54. The number of aromatic nitrogens is 2. The minimum absolute atomic E-state index is 0.0230. The van der Waals surface area contributed by atoms with Gasteiger partial charge in [-0.2, -0.15) is 4.98 Å². The van der Waals surface area contributed by atoms with Crippen molar-refractivity contribution in [1.82, 2.24) is 19.9 Å². The molecule has 148 valence electrons. The third-order valence-corrected chi connectivity index (χ3v) is 6.41. The van der Waals surface area contributed by atoms with Gasteiger partial charge in [0.2, 0.25) is 11.7 Å². The fraction of sp³-hybridized carbons (Fsp3) is 0.400. The van der Waals surface area contributed by atoms with Gasteiger partial charge < -0.3 is 4.52 Å². The van der Waals surface area contributed by atoms with Crippen LogP contribution in [0.25, 0.3) is 11.4 Å². The van der Waals surface area contributed by atoms with Gasteiger partial charge in [-0.15, -0.1) is 11.3 Å². The molecule has 1 fully saturated rings. The second kappa shape index (κ2) is 8.29. The van der Waals surface area contributed by atoms with Crippen LogP contribution in [0.1, 0.15) is 29.3 Å². The van der Waals surface area contributed by atoms with Crippen molar-refractivity contribution in [3.05, 3.63) is 56.8 Å². The molecule has 1 saturated heterocycles. The van der Waals surface area contributed by atoms with Gasteiger partial charge in [0.15, 0.2) is 0 Å². The van der Waals surface area contributed by atoms with Gasteiger partial charge in [0.05, 0.1) is 10.4 Å². The summed E-state index contributed by atoms with van der Waals surface area (Å²) in [6, 6.07) is 9.06. The maximum absolute atomic E-state index is 13.8. The van der Waals surface area contributed by atoms with E-state index in [1.54, 1.807) is 24.3 Å². The molecule has 1 aromatic carbocycles. The molecule has 4 rings (SSSR count). The van der Waals surface area contributed by atoms with Gasteiger partial charge in [0, 0.05) is 43.2 Å². The van der Waals surface area contributed by atoms with E-state index < -0.39 is 0 Å². The normalized spacial score (nSPS) is 17.1. The van der Waals surface area contributed by atoms with Crippen LogP contribution in [-0.4, -0.2) is 46.1 Å². The Morgan fingerprint density at radius 2 is 2.00 bits per heavy atom. The van der Waals surface area contributed by atoms with Crippen LogP contribution >= 0.6 is 22.9 Å². The predicted molar refractivity (Wildman–Crippen MR) is 109 cm³/mol. The molecular weight excluding hydrogens is 399 g/mol. The average molecular weight is 421 g/mol. The van der Waals surface area contributed by atoms with Crippen LogP contribution in [0.15, 0.2) is 34.9 Å². The molecule has 1 unspecified atom stereocenters. The van der Waals surface area contributed by atoms with E-state index in [4.69, 9.17) is 16.1 Å². The number of halogens is 2. The van der Waals surface area contributed by atoms with Crippen molar-refractivity contribution >= 4 is 22.9 Å². The maximum atomic E-state index is 13.8. The first-order chi connectivity index (χ1) is 13.5. The minimum Gasteiger partial charge on any atom is -0.337 e. The minimum atomic E-state index is -0.264. The van der Waals surface area contributed by atoms with Gasteiger partial charge in [-0.1, -0.05) is 28.9 Å². The number of piperazine rings is 1. The van der Waals surface area contributed by atoms with E-state index >= 15 is 0 Å². The van der Waals surface area contributed by atoms with E-state index in [0.29, 0.717) is 22.8 Å². The summed E-state index contributed by atoms with van der Waals surface area (Å²) < 4.78 is 20.1. The first-order valence-electron chi connectivity index (χ1n) is 9.30. The third-order valence-electron chi connectivity index (χ3n) is 5.19. The van der Waals surface area contributed by atoms with E-state index in [2.05, 4.69) is 32.9 Å². The van der Waals surface area contributed by atoms with Gasteiger partial charge in [-0.3, -0.25) is 9.80 Å². The van der Waals surface area contributed by atoms with Crippen molar-refractivity contribution in [3.63, 3.8) is 0 Å². The van der Waals surface area contributed by atoms with E-state index in [9.17, 15) is 4.39 Å². The molecule has 1 aliphatic rings. The van der Waals surface area contributed by atoms with Gasteiger partial charge in [0.1, 0.15) is 5.82 Å². The van der Waals surface area contributed by atoms with E-state index in [1.807, 2.05) is 12.1 Å². The Morgan fingerprint density at radius 3 is 2.68 bits per heavy atom. The number of hydrogen-bond acceptors (Lipinski definition) is 6. The average Bonchev–Trinajstić information content (AvgIpc) is 3.33. The molecule has 3 heterocycles. The van der Waals surface area contributed by atoms with Crippen LogP contribution in [0.4, 0.5) is 4.39 Å². The largest absolute Gasteiger partial charge is 0.337 e. The summed E-state index contributed by atoms with van der Waals surface area (Å²) in [5, 5.41) is 4.05. The molecule has 1 atom stereocenters. The molecule has 3 aromatic rings. The molecule has 1 aliphatic heterocycles. The highest BCUT2D eigenvalue weighted by Gasteiger charge is 2.26. The summed E-state index contributed by atoms with van der Waals surface area (Å²) in [5.41, 5.74) is 1.23. The fourth-order valence-electron chi connectivity index (χ4n) is 3.38. The van der Waals surface area contributed by atoms with Gasteiger partial charge >= 0.3 is 0 Å². The van der Waals surface area contributed by atoms with Crippen LogP contribution in [-0.2, 0) is 6.54 Å². The van der Waals surface area contributed by atoms with Gasteiger partial charge in [-0.05, 0) is 37.6 Å². The summed E-state index contributed by atoms with van der Waals surface area (Å²) >= 11 is 7.66. The molecule has 28 heavy (non-hydrogen) atoms. The monoisotopic (exact) mass is 420 g/mol. The Labute approximate surface area is 172 Å². The summed E-state index contributed by atoms with van der Waals surface area (Å²) in [4.78, 5) is 10.6. The fourth-order valence-corrected chi connectivity index (χ4v) is 4.51. The highest BCUT2D eigenvalue weighted by atomic mass is 35.5. The molecular formula is C20H22ClFN4OS. The van der Waals surface area contributed by atoms with Crippen molar-refractivity contribution in [3.8, 4) is 11.4 Å². The molecule has 0 aliphatic carbocycles. The Bertz CT molecular complexity index is 951. The van der Waals surface area contributed by atoms with E-state index in [0.717, 1.165) is 37.1 Å². The molecule has 0 spiro atoms. The van der Waals surface area contributed by atoms with Crippen LogP contribution in [0.5, 0.6) is 0 Å². The highest BCUT2D eigenvalue weighted by molar-refractivity contribution is 7.16. The zero-order chi connectivity index (χ0) is 19.7. The van der Waals surface area contributed by atoms with Crippen molar-refractivity contribution < 1.29 is 8.91 Å². The van der Waals surface area contributed by atoms with Crippen LogP contribution < -0.4 is 0 Å². The standard InChI is InChI=1S/C20H22ClFN4OS/c1-13-3-4-15(11-17(13)22)19-23-20(27-24-19)14(2)26-9-7-25(8-10-26)12-16-5-6-18(21)28-16/h3-6,11,14H,7-10,12H2,1-2H3. The second-order valence-electron chi connectivity index (χ2n) is 7.11. The van der Waals surface area contributed by atoms with Crippen molar-refractivity contribution in [2.24, 2.45) is 0 Å². The maximum Gasteiger partial charge on any atom is 0.244 e. The van der Waals surface area contributed by atoms with Crippen molar-refractivity contribution in [1.29, 1.82) is 0 Å². The topological polar surface area (TPSA) is 45.4 Å². The smallest absolute Gasteiger partial charge is 0.244 e. The Kier molecular flexibility index (Phi) is 5.78. The first-order valence-corrected chi connectivity index (χ1v) is 10.5. The number of thiophene rings is 1. The first kappa shape index (κ1) is 19.5. The summed E-state index contributed by atoms with van der Waals surface area (Å²) in [5.74, 6) is 0.725. The van der Waals surface area contributed by atoms with E-state index in [-0.39, 0.29) is 11.9 Å². The van der Waals surface area contributed by atoms with Crippen LogP contribution in [0, 0.1) is 12.7 Å². The molecule has 5 nitrogen and oxygen atoms in total. The van der Waals surface area contributed by atoms with E-state index in [1.165, 1.54) is 10.9 Å². The Balaban J connectivity index is 1.37. The Hall–Kier alpha value is -1.80. The zero-order valence-corrected chi connectivity index (χ0v) is 17.4. The molecule has 8 heteroatoms. The number of rotatable bonds is 5. The summed E-state index contributed by atoms with van der Waals surface area (Å²) in [6.07, 6.45) is 0. The van der Waals surface area contributed by atoms with Crippen molar-refractivity contribution in [2.75, 3.05) is 26.2 Å². The molecule has 0 saturated carbocycles. The predicted octanol–water partition coefficient (Wildman–Crippen LogP) is 4.78. The number of nitrogens with zero attached hydrogens (tertiary/aromatic N) is 4. The number of hydrogen-bond donors (Lipinski definition) is 0. The van der Waals surface area contributed by atoms with Gasteiger partial charge in [-0.25, -0.2) is 4.39 Å². The molecule has 2 aromatic heterocycles. The van der Waals surface area contributed by atoms with Gasteiger partial charge in [0.25, 0.3) is 0 Å². The second-order valence-corrected chi connectivity index (χ2v) is 8.91. The molecule has 0 bridgehead atoms. The SMILES string of the molecule is Cc1ccc(-c2noc(C(C)N3CCN(Cc4ccc(Cl)s4)CC3)n2)cc1F. The summed E-state index contributed by atoms with van der Waals surface area (Å²) in [7, 11) is 0. The lowest BCUT2D eigenvalue weighted by atomic mass is 10.1. The third kappa shape index (κ3) is 4.27.